The second-order valence-corrected chi connectivity index (χ2v) is 8.91. The first-order chi connectivity index (χ1) is 15.7. The van der Waals surface area contributed by atoms with E-state index in [0.29, 0.717) is 11.4 Å². The van der Waals surface area contributed by atoms with Crippen LogP contribution in [0, 0.1) is 0 Å². The van der Waals surface area contributed by atoms with Gasteiger partial charge in [-0.2, -0.15) is 9.78 Å². The van der Waals surface area contributed by atoms with Crippen molar-refractivity contribution in [3.05, 3.63) is 93.3 Å². The van der Waals surface area contributed by atoms with E-state index in [4.69, 9.17) is 16.6 Å². The van der Waals surface area contributed by atoms with Gasteiger partial charge >= 0.3 is 0 Å². The fourth-order valence-corrected chi connectivity index (χ4v) is 4.93. The van der Waals surface area contributed by atoms with Crippen LogP contribution in [0.5, 0.6) is 0 Å². The highest BCUT2D eigenvalue weighted by atomic mass is 35.5. The smallest absolute Gasteiger partial charge is 0.292 e. The van der Waals surface area contributed by atoms with Crippen molar-refractivity contribution in [3.63, 3.8) is 0 Å². The molecule has 1 aliphatic heterocycles. The standard InChI is InChI=1S/C24H22ClN5OS/c25-22-21(15-26-30(24(22)31)20-9-5-2-6-10-20)29-13-11-28(12-14-29)16-19-17-32-23(27-19)18-7-3-1-4-8-18/h1-10,15,17H,11-14,16H2. The van der Waals surface area contributed by atoms with Crippen LogP contribution in [-0.4, -0.2) is 45.8 Å². The Balaban J connectivity index is 1.24. The average molecular weight is 464 g/mol. The number of para-hydroxylation sites is 1. The van der Waals surface area contributed by atoms with Gasteiger partial charge in [-0.1, -0.05) is 60.1 Å². The van der Waals surface area contributed by atoms with Gasteiger partial charge in [0.05, 0.1) is 23.3 Å². The molecular weight excluding hydrogens is 442 g/mol. The molecule has 1 aliphatic rings. The monoisotopic (exact) mass is 463 g/mol. The lowest BCUT2D eigenvalue weighted by Crippen LogP contribution is -2.46. The zero-order valence-electron chi connectivity index (χ0n) is 17.4. The Labute approximate surface area is 195 Å². The second-order valence-electron chi connectivity index (χ2n) is 7.67. The first-order valence-electron chi connectivity index (χ1n) is 10.5. The number of hydrogen-bond acceptors (Lipinski definition) is 6. The Morgan fingerprint density at radius 2 is 1.62 bits per heavy atom. The maximum Gasteiger partial charge on any atom is 0.292 e. The Morgan fingerprint density at radius 3 is 2.34 bits per heavy atom. The van der Waals surface area contributed by atoms with Crippen molar-refractivity contribution in [2.45, 2.75) is 6.54 Å². The van der Waals surface area contributed by atoms with Gasteiger partial charge in [0.2, 0.25) is 0 Å². The summed E-state index contributed by atoms with van der Waals surface area (Å²) in [6.45, 7) is 4.13. The van der Waals surface area contributed by atoms with Gasteiger partial charge in [-0.25, -0.2) is 4.98 Å². The maximum atomic E-state index is 12.8. The quantitative estimate of drug-likeness (QED) is 0.441. The summed E-state index contributed by atoms with van der Waals surface area (Å²) >= 11 is 8.15. The van der Waals surface area contributed by atoms with Crippen LogP contribution in [0.3, 0.4) is 0 Å². The molecule has 0 bridgehead atoms. The molecule has 2 aromatic carbocycles. The molecule has 8 heteroatoms. The molecule has 0 aliphatic carbocycles. The number of halogens is 1. The van der Waals surface area contributed by atoms with Gasteiger partial charge < -0.3 is 4.90 Å². The molecule has 4 aromatic rings. The number of nitrogens with zero attached hydrogens (tertiary/aromatic N) is 5. The Bertz CT molecular complexity index is 1250. The minimum absolute atomic E-state index is 0.212. The average Bonchev–Trinajstić information content (AvgIpc) is 3.31. The molecule has 1 saturated heterocycles. The molecule has 32 heavy (non-hydrogen) atoms. The van der Waals surface area contributed by atoms with Crippen LogP contribution in [0.15, 0.2) is 77.0 Å². The van der Waals surface area contributed by atoms with Gasteiger partial charge in [0.25, 0.3) is 5.56 Å². The molecule has 0 saturated carbocycles. The largest absolute Gasteiger partial charge is 0.366 e. The van der Waals surface area contributed by atoms with Crippen molar-refractivity contribution in [2.75, 3.05) is 31.1 Å². The molecule has 0 spiro atoms. The molecule has 0 unspecified atom stereocenters. The summed E-state index contributed by atoms with van der Waals surface area (Å²) in [5.41, 5.74) is 3.35. The van der Waals surface area contributed by atoms with Gasteiger partial charge in [-0.05, 0) is 12.1 Å². The van der Waals surface area contributed by atoms with Crippen molar-refractivity contribution < 1.29 is 0 Å². The zero-order valence-corrected chi connectivity index (χ0v) is 19.0. The highest BCUT2D eigenvalue weighted by Crippen LogP contribution is 2.26. The van der Waals surface area contributed by atoms with Crippen LogP contribution in [0.25, 0.3) is 16.3 Å². The highest BCUT2D eigenvalue weighted by Gasteiger charge is 2.22. The Kier molecular flexibility index (Phi) is 6.03. The number of hydrogen-bond donors (Lipinski definition) is 0. The van der Waals surface area contributed by atoms with E-state index in [1.165, 1.54) is 4.68 Å². The molecule has 6 nitrogen and oxygen atoms in total. The van der Waals surface area contributed by atoms with E-state index in [-0.39, 0.29) is 10.6 Å². The molecule has 3 heterocycles. The normalized spacial score (nSPS) is 14.6. The summed E-state index contributed by atoms with van der Waals surface area (Å²) in [5, 5.41) is 7.76. The van der Waals surface area contributed by atoms with E-state index in [2.05, 4.69) is 32.4 Å². The van der Waals surface area contributed by atoms with Crippen LogP contribution < -0.4 is 10.5 Å². The second kappa shape index (κ2) is 9.24. The van der Waals surface area contributed by atoms with E-state index >= 15 is 0 Å². The van der Waals surface area contributed by atoms with Crippen molar-refractivity contribution >= 4 is 28.6 Å². The summed E-state index contributed by atoms with van der Waals surface area (Å²) in [6, 6.07) is 19.6. The first-order valence-corrected chi connectivity index (χ1v) is 11.8. The van der Waals surface area contributed by atoms with Gasteiger partial charge in [0.15, 0.2) is 0 Å². The highest BCUT2D eigenvalue weighted by molar-refractivity contribution is 7.13. The molecule has 0 amide bonds. The Hall–Kier alpha value is -3.00. The molecule has 162 valence electrons. The van der Waals surface area contributed by atoms with Gasteiger partial charge in [-0.3, -0.25) is 9.69 Å². The molecule has 0 atom stereocenters. The van der Waals surface area contributed by atoms with Crippen molar-refractivity contribution in [3.8, 4) is 16.3 Å². The number of benzene rings is 2. The van der Waals surface area contributed by atoms with Gasteiger partial charge in [-0.15, -0.1) is 11.3 Å². The van der Waals surface area contributed by atoms with Crippen LogP contribution in [0.2, 0.25) is 5.02 Å². The molecule has 1 fully saturated rings. The van der Waals surface area contributed by atoms with Gasteiger partial charge in [0, 0.05) is 43.7 Å². The lowest BCUT2D eigenvalue weighted by molar-refractivity contribution is 0.247. The zero-order chi connectivity index (χ0) is 21.9. The van der Waals surface area contributed by atoms with E-state index in [9.17, 15) is 4.79 Å². The van der Waals surface area contributed by atoms with Gasteiger partial charge in [0.1, 0.15) is 10.0 Å². The third-order valence-corrected chi connectivity index (χ3v) is 6.87. The molecule has 2 aromatic heterocycles. The SMILES string of the molecule is O=c1c(Cl)c(N2CCN(Cc3csc(-c4ccccc4)n3)CC2)cnn1-c1ccccc1. The summed E-state index contributed by atoms with van der Waals surface area (Å²) in [7, 11) is 0. The molecule has 0 radical (unpaired) electrons. The van der Waals surface area contributed by atoms with Crippen LogP contribution >= 0.6 is 22.9 Å². The molecule has 5 rings (SSSR count). The number of rotatable bonds is 5. The van der Waals surface area contributed by atoms with Crippen LogP contribution in [0.4, 0.5) is 5.69 Å². The van der Waals surface area contributed by atoms with E-state index in [1.807, 2.05) is 48.5 Å². The fourth-order valence-electron chi connectivity index (χ4n) is 3.87. The summed E-state index contributed by atoms with van der Waals surface area (Å²) in [4.78, 5) is 22.1. The predicted molar refractivity (Wildman–Crippen MR) is 130 cm³/mol. The number of piperazine rings is 1. The predicted octanol–water partition coefficient (Wildman–Crippen LogP) is 4.33. The van der Waals surface area contributed by atoms with E-state index in [1.54, 1.807) is 17.5 Å². The molecule has 0 N–H and O–H groups in total. The number of aromatic nitrogens is 3. The van der Waals surface area contributed by atoms with Crippen LogP contribution in [-0.2, 0) is 6.54 Å². The third-order valence-electron chi connectivity index (χ3n) is 5.57. The van der Waals surface area contributed by atoms with Crippen molar-refractivity contribution in [1.29, 1.82) is 0 Å². The number of anilines is 1. The number of thiazole rings is 1. The summed E-state index contributed by atoms with van der Waals surface area (Å²) in [6.07, 6.45) is 1.69. The fraction of sp³-hybridized carbons (Fsp3) is 0.208. The minimum Gasteiger partial charge on any atom is -0.366 e. The van der Waals surface area contributed by atoms with Crippen molar-refractivity contribution in [1.82, 2.24) is 19.7 Å². The van der Waals surface area contributed by atoms with E-state index in [0.717, 1.165) is 49.0 Å². The van der Waals surface area contributed by atoms with Crippen molar-refractivity contribution in [2.24, 2.45) is 0 Å². The lowest BCUT2D eigenvalue weighted by Gasteiger charge is -2.35. The van der Waals surface area contributed by atoms with Crippen LogP contribution in [0.1, 0.15) is 5.69 Å². The Morgan fingerprint density at radius 1 is 0.938 bits per heavy atom. The molecular formula is C24H22ClN5OS. The third kappa shape index (κ3) is 4.32. The maximum absolute atomic E-state index is 12.8. The topological polar surface area (TPSA) is 54.3 Å². The summed E-state index contributed by atoms with van der Waals surface area (Å²) < 4.78 is 1.34. The van der Waals surface area contributed by atoms with E-state index < -0.39 is 0 Å². The minimum atomic E-state index is -0.297. The first kappa shape index (κ1) is 20.9. The lowest BCUT2D eigenvalue weighted by atomic mass is 10.2. The summed E-state index contributed by atoms with van der Waals surface area (Å²) in [5.74, 6) is 0.